The lowest BCUT2D eigenvalue weighted by Crippen LogP contribution is -2.36. The van der Waals surface area contributed by atoms with E-state index in [1.165, 1.54) is 16.7 Å². The highest BCUT2D eigenvalue weighted by molar-refractivity contribution is 6.10. The molecular weight excluding hydrogens is 735 g/mol. The summed E-state index contributed by atoms with van der Waals surface area (Å²) in [6.45, 7) is 25.7. The van der Waals surface area contributed by atoms with Crippen LogP contribution in [0.25, 0.3) is 50.3 Å². The molecule has 8 aromatic rings. The lowest BCUT2D eigenvalue weighted by atomic mass is 9.80. The lowest BCUT2D eigenvalue weighted by molar-refractivity contribution is -0.608. The van der Waals surface area contributed by atoms with Crippen LogP contribution in [-0.4, -0.2) is 19.1 Å². The van der Waals surface area contributed by atoms with Crippen LogP contribution < -0.4 is 9.30 Å². The molecule has 0 N–H and O–H groups in total. The molecule has 4 aromatic heterocycles. The summed E-state index contributed by atoms with van der Waals surface area (Å²) in [6.07, 6.45) is 7.23. The highest BCUT2D eigenvalue weighted by Gasteiger charge is 2.24. The molecule has 0 amide bonds. The smallest absolute Gasteiger partial charge is 0.270 e. The number of hydrogen-bond acceptors (Lipinski definition) is 3. The second-order valence-corrected chi connectivity index (χ2v) is 20.2. The molecule has 0 radical (unpaired) electrons. The van der Waals surface area contributed by atoms with Crippen molar-refractivity contribution in [2.24, 2.45) is 5.41 Å². The van der Waals surface area contributed by atoms with Crippen molar-refractivity contribution in [3.05, 3.63) is 156 Å². The molecule has 306 valence electrons. The molecule has 6 nitrogen and oxygen atoms in total. The SMILES string of the molecule is [2H]C([2H])(c1cn(-c2cc(Oc3ccc4c5cc(-c6ccccc6)ccc5n(-c5cc(C(C)(C)C)ccn5)c4c3)ccn2)[c-][n+]1-c1cc(C(C)(C)C)cc(C(C)(C)C)c1)C(C)(C)C. The number of benzene rings is 4. The first-order chi connectivity index (χ1) is 29.0. The first-order valence-corrected chi connectivity index (χ1v) is 21.0. The van der Waals surface area contributed by atoms with Crippen molar-refractivity contribution in [1.82, 2.24) is 19.1 Å². The van der Waals surface area contributed by atoms with Crippen LogP contribution in [0.1, 0.15) is 108 Å². The van der Waals surface area contributed by atoms with Gasteiger partial charge in [-0.05, 0) is 110 Å². The number of rotatable bonds is 7. The molecule has 0 fully saturated rings. The summed E-state index contributed by atoms with van der Waals surface area (Å²) >= 11 is 0. The van der Waals surface area contributed by atoms with E-state index in [9.17, 15) is 2.74 Å². The maximum atomic E-state index is 9.47. The standard InChI is InChI=1S/C54H59N5O/c1-51(2,3)33-42-34-57(35-58(42)41-28-39(53(7,8)9)27-40(29-41)54(10,11)12)49-32-44(23-25-55-49)60-43-19-20-45-46-26-37(36-16-14-13-15-17-36)18-21-47(46)59(48(45)31-43)50-30-38(22-24-56-50)52(4,5)6/h13-32,34H,33H2,1-12H3/i33D2. The Morgan fingerprint density at radius 1 is 0.583 bits per heavy atom. The monoisotopic (exact) mass is 795 g/mol. The van der Waals surface area contributed by atoms with Crippen molar-refractivity contribution in [1.29, 1.82) is 0 Å². The summed E-state index contributed by atoms with van der Waals surface area (Å²) in [7, 11) is 0. The first kappa shape index (κ1) is 38.2. The molecule has 60 heavy (non-hydrogen) atoms. The Hall–Kier alpha value is -6.01. The van der Waals surface area contributed by atoms with Crippen LogP contribution in [0, 0.1) is 11.7 Å². The van der Waals surface area contributed by atoms with E-state index in [1.54, 1.807) is 10.8 Å². The zero-order valence-corrected chi connectivity index (χ0v) is 37.3. The number of hydrogen-bond donors (Lipinski definition) is 0. The predicted octanol–water partition coefficient (Wildman–Crippen LogP) is 13.4. The molecule has 0 bridgehead atoms. The molecule has 8 rings (SSSR count). The van der Waals surface area contributed by atoms with Gasteiger partial charge in [0.15, 0.2) is 5.82 Å². The van der Waals surface area contributed by atoms with Crippen LogP contribution in [0.5, 0.6) is 11.5 Å². The minimum absolute atomic E-state index is 0.0527. The van der Waals surface area contributed by atoms with Crippen LogP contribution >= 0.6 is 0 Å². The maximum Gasteiger partial charge on any atom is 0.270 e. The Morgan fingerprint density at radius 2 is 1.23 bits per heavy atom. The fourth-order valence-corrected chi connectivity index (χ4v) is 7.62. The third kappa shape index (κ3) is 8.38. The molecular formula is C54H59N5O. The molecule has 4 heterocycles. The first-order valence-electron chi connectivity index (χ1n) is 22.0. The molecule has 0 aliphatic carbocycles. The summed E-state index contributed by atoms with van der Waals surface area (Å²) in [5.74, 6) is 2.66. The van der Waals surface area contributed by atoms with Crippen LogP contribution in [0.3, 0.4) is 0 Å². The summed E-state index contributed by atoms with van der Waals surface area (Å²) in [5, 5.41) is 2.23. The third-order valence-electron chi connectivity index (χ3n) is 11.0. The van der Waals surface area contributed by atoms with Crippen LogP contribution in [0.2, 0.25) is 0 Å². The van der Waals surface area contributed by atoms with Gasteiger partial charge in [0, 0.05) is 44.2 Å². The largest absolute Gasteiger partial charge is 0.458 e. The van der Waals surface area contributed by atoms with E-state index in [4.69, 9.17) is 14.7 Å². The minimum atomic E-state index is -1.72. The van der Waals surface area contributed by atoms with E-state index < -0.39 is 11.8 Å². The van der Waals surface area contributed by atoms with Crippen LogP contribution in [0.4, 0.5) is 0 Å². The van der Waals surface area contributed by atoms with E-state index in [-0.39, 0.29) is 16.2 Å². The van der Waals surface area contributed by atoms with Crippen molar-refractivity contribution in [2.75, 3.05) is 0 Å². The molecule has 0 aliphatic rings. The third-order valence-corrected chi connectivity index (χ3v) is 11.0. The topological polar surface area (TPSA) is 48.8 Å². The molecule has 0 aliphatic heterocycles. The number of nitrogens with zero attached hydrogens (tertiary/aromatic N) is 5. The Morgan fingerprint density at radius 3 is 1.90 bits per heavy atom. The average molecular weight is 796 g/mol. The maximum absolute atomic E-state index is 9.47. The Labute approximate surface area is 359 Å². The molecule has 4 aromatic carbocycles. The molecule has 0 spiro atoms. The summed E-state index contributed by atoms with van der Waals surface area (Å²) < 4.78 is 31.5. The van der Waals surface area contributed by atoms with E-state index in [0.29, 0.717) is 23.0 Å². The van der Waals surface area contributed by atoms with Gasteiger partial charge in [0.2, 0.25) is 0 Å². The van der Waals surface area contributed by atoms with Crippen molar-refractivity contribution in [3.8, 4) is 39.9 Å². The molecule has 0 saturated heterocycles. The predicted molar refractivity (Wildman–Crippen MR) is 247 cm³/mol. The zero-order chi connectivity index (χ0) is 44.6. The van der Waals surface area contributed by atoms with Gasteiger partial charge in [-0.15, -0.1) is 0 Å². The molecule has 0 unspecified atom stereocenters. The summed E-state index contributed by atoms with van der Waals surface area (Å²) in [4.78, 5) is 9.66. The Balaban J connectivity index is 1.24. The number of imidazole rings is 1. The zero-order valence-electron chi connectivity index (χ0n) is 39.3. The second kappa shape index (κ2) is 14.9. The molecule has 0 saturated carbocycles. The van der Waals surface area contributed by atoms with Gasteiger partial charge in [-0.1, -0.05) is 126 Å². The van der Waals surface area contributed by atoms with E-state index in [2.05, 4.69) is 158 Å². The Bertz CT molecular complexity index is 2920. The van der Waals surface area contributed by atoms with Gasteiger partial charge < -0.3 is 4.74 Å². The number of pyridine rings is 2. The number of fused-ring (bicyclic) bond motifs is 3. The average Bonchev–Trinajstić information content (AvgIpc) is 3.80. The van der Waals surface area contributed by atoms with Gasteiger partial charge in [-0.2, -0.15) is 0 Å². The van der Waals surface area contributed by atoms with Crippen LogP contribution in [0.15, 0.2) is 128 Å². The number of ether oxygens (including phenoxy) is 1. The van der Waals surface area contributed by atoms with Crippen molar-refractivity contribution in [3.63, 3.8) is 0 Å². The van der Waals surface area contributed by atoms with E-state index in [0.717, 1.165) is 44.4 Å². The Kier molecular flexibility index (Phi) is 9.50. The fourth-order valence-electron chi connectivity index (χ4n) is 7.62. The fraction of sp³-hybridized carbons (Fsp3) is 0.315. The van der Waals surface area contributed by atoms with Gasteiger partial charge in [-0.25, -0.2) is 4.98 Å². The van der Waals surface area contributed by atoms with Gasteiger partial charge in [0.1, 0.15) is 17.3 Å². The van der Waals surface area contributed by atoms with Crippen molar-refractivity contribution in [2.45, 2.75) is 106 Å². The summed E-state index contributed by atoms with van der Waals surface area (Å²) in [6, 6.07) is 38.0. The normalized spacial score (nSPS) is 13.5. The molecule has 0 atom stereocenters. The van der Waals surface area contributed by atoms with Crippen LogP contribution in [-0.2, 0) is 22.6 Å². The van der Waals surface area contributed by atoms with E-state index >= 15 is 0 Å². The minimum Gasteiger partial charge on any atom is -0.458 e. The van der Waals surface area contributed by atoms with Gasteiger partial charge >= 0.3 is 0 Å². The highest BCUT2D eigenvalue weighted by atomic mass is 16.5. The van der Waals surface area contributed by atoms with Gasteiger partial charge in [0.25, 0.3) is 6.33 Å². The van der Waals surface area contributed by atoms with Gasteiger partial charge in [0.05, 0.1) is 22.4 Å². The highest BCUT2D eigenvalue weighted by Crippen LogP contribution is 2.38. The van der Waals surface area contributed by atoms with E-state index in [1.807, 2.05) is 62.0 Å². The molecule has 6 heteroatoms. The number of aromatic nitrogens is 5. The summed E-state index contributed by atoms with van der Waals surface area (Å²) in [5.41, 5.74) is 8.25. The quantitative estimate of drug-likeness (QED) is 0.119. The van der Waals surface area contributed by atoms with Crippen molar-refractivity contribution < 1.29 is 12.0 Å². The van der Waals surface area contributed by atoms with Crippen molar-refractivity contribution >= 4 is 21.8 Å². The second-order valence-electron chi connectivity index (χ2n) is 20.2. The lowest BCUT2D eigenvalue weighted by Gasteiger charge is -2.27. The van der Waals surface area contributed by atoms with Gasteiger partial charge in [-0.3, -0.25) is 18.7 Å².